The molecule has 7 nitrogen and oxygen atoms in total. The highest BCUT2D eigenvalue weighted by molar-refractivity contribution is 7.89. The number of amides is 1. The first-order valence-electron chi connectivity index (χ1n) is 11.2. The number of benzene rings is 3. The number of fused-ring (bicyclic) bond motifs is 1. The first-order chi connectivity index (χ1) is 16.0. The van der Waals surface area contributed by atoms with E-state index in [1.54, 1.807) is 24.3 Å². The summed E-state index contributed by atoms with van der Waals surface area (Å²) in [5, 5.41) is 4.32. The first-order valence-corrected chi connectivity index (χ1v) is 12.7. The summed E-state index contributed by atoms with van der Waals surface area (Å²) in [6.45, 7) is 4.99. The molecule has 1 heterocycles. The van der Waals surface area contributed by atoms with Gasteiger partial charge in [-0.2, -0.15) is 4.72 Å². The highest BCUT2D eigenvalue weighted by atomic mass is 32.2. The van der Waals surface area contributed by atoms with E-state index in [1.807, 2.05) is 49.4 Å². The zero-order valence-corrected chi connectivity index (χ0v) is 19.5. The number of nitrogens with one attached hydrogen (secondary N) is 2. The maximum Gasteiger partial charge on any atom is 0.242 e. The molecule has 0 aliphatic carbocycles. The Morgan fingerprint density at radius 1 is 1.00 bits per heavy atom. The Hall–Kier alpha value is -2.94. The molecule has 8 heteroatoms. The smallest absolute Gasteiger partial charge is 0.242 e. The highest BCUT2D eigenvalue weighted by Crippen LogP contribution is 2.24. The third-order valence-corrected chi connectivity index (χ3v) is 7.27. The molecule has 33 heavy (non-hydrogen) atoms. The Kier molecular flexibility index (Phi) is 7.27. The third kappa shape index (κ3) is 5.52. The summed E-state index contributed by atoms with van der Waals surface area (Å²) in [5.41, 5.74) is 1.69. The van der Waals surface area contributed by atoms with Crippen LogP contribution in [0.25, 0.3) is 10.8 Å². The third-order valence-electron chi connectivity index (χ3n) is 5.74. The number of ether oxygens (including phenoxy) is 1. The van der Waals surface area contributed by atoms with Crippen LogP contribution < -0.4 is 14.9 Å². The number of hydrogen-bond donors (Lipinski definition) is 2. The topological polar surface area (TPSA) is 87.7 Å². The number of carbonyl (C=O) groups excluding carboxylic acids is 1. The predicted molar refractivity (Wildman–Crippen MR) is 131 cm³/mol. The molecule has 1 aliphatic rings. The second-order valence-electron chi connectivity index (χ2n) is 8.08. The van der Waals surface area contributed by atoms with Gasteiger partial charge in [-0.1, -0.05) is 49.7 Å². The normalized spacial score (nSPS) is 15.4. The molecule has 1 aliphatic heterocycles. The van der Waals surface area contributed by atoms with E-state index in [1.165, 1.54) is 0 Å². The number of nitrogens with zero attached hydrogens (tertiary/aromatic N) is 1. The van der Waals surface area contributed by atoms with Gasteiger partial charge in [0.2, 0.25) is 15.9 Å². The molecule has 174 valence electrons. The number of rotatable bonds is 8. The summed E-state index contributed by atoms with van der Waals surface area (Å²) in [6, 6.07) is 19.2. The number of carbonyl (C=O) groups is 1. The van der Waals surface area contributed by atoms with Crippen LogP contribution in [0.3, 0.4) is 0 Å². The van der Waals surface area contributed by atoms with Gasteiger partial charge < -0.3 is 15.0 Å². The van der Waals surface area contributed by atoms with E-state index in [0.717, 1.165) is 24.2 Å². The van der Waals surface area contributed by atoms with Gasteiger partial charge in [0.25, 0.3) is 0 Å². The van der Waals surface area contributed by atoms with Crippen LogP contribution in [0, 0.1) is 0 Å². The van der Waals surface area contributed by atoms with Crippen molar-refractivity contribution in [3.63, 3.8) is 0 Å². The lowest BCUT2D eigenvalue weighted by Gasteiger charge is -2.29. The van der Waals surface area contributed by atoms with Gasteiger partial charge in [0.1, 0.15) is 6.04 Å². The van der Waals surface area contributed by atoms with E-state index in [2.05, 4.69) is 14.9 Å². The summed E-state index contributed by atoms with van der Waals surface area (Å²) < 4.78 is 34.4. The molecule has 0 radical (unpaired) electrons. The maximum atomic E-state index is 13.2. The van der Waals surface area contributed by atoms with Crippen LogP contribution in [0.15, 0.2) is 71.6 Å². The molecule has 3 aromatic carbocycles. The van der Waals surface area contributed by atoms with Crippen LogP contribution in [-0.4, -0.2) is 46.7 Å². The van der Waals surface area contributed by atoms with Gasteiger partial charge in [-0.05, 0) is 42.1 Å². The molecule has 0 bridgehead atoms. The van der Waals surface area contributed by atoms with E-state index >= 15 is 0 Å². The lowest BCUT2D eigenvalue weighted by molar-refractivity contribution is -0.117. The van der Waals surface area contributed by atoms with Crippen LogP contribution in [-0.2, 0) is 19.6 Å². The van der Waals surface area contributed by atoms with E-state index in [-0.39, 0.29) is 10.8 Å². The Balaban J connectivity index is 1.49. The van der Waals surface area contributed by atoms with Crippen LogP contribution in [0.5, 0.6) is 0 Å². The lowest BCUT2D eigenvalue weighted by Crippen LogP contribution is -2.43. The Morgan fingerprint density at radius 3 is 2.42 bits per heavy atom. The van der Waals surface area contributed by atoms with Crippen LogP contribution in [0.4, 0.5) is 11.4 Å². The first kappa shape index (κ1) is 23.2. The fourth-order valence-corrected chi connectivity index (χ4v) is 5.48. The largest absolute Gasteiger partial charge is 0.378 e. The molecule has 3 aromatic rings. The summed E-state index contributed by atoms with van der Waals surface area (Å²) in [5.74, 6) is -0.375. The minimum atomic E-state index is -3.90. The van der Waals surface area contributed by atoms with Gasteiger partial charge in [-0.25, -0.2) is 8.42 Å². The number of sulfonamides is 1. The van der Waals surface area contributed by atoms with Crippen molar-refractivity contribution in [2.45, 2.75) is 30.7 Å². The average molecular weight is 468 g/mol. The maximum absolute atomic E-state index is 13.2. The Bertz CT molecular complexity index is 1200. The summed E-state index contributed by atoms with van der Waals surface area (Å²) in [7, 11) is -3.90. The second-order valence-corrected chi connectivity index (χ2v) is 9.76. The zero-order valence-electron chi connectivity index (χ0n) is 18.7. The lowest BCUT2D eigenvalue weighted by atomic mass is 10.1. The molecule has 4 rings (SSSR count). The van der Waals surface area contributed by atoms with E-state index < -0.39 is 16.1 Å². The molecule has 1 fully saturated rings. The molecular formula is C25H29N3O4S. The molecule has 1 amide bonds. The van der Waals surface area contributed by atoms with Crippen molar-refractivity contribution in [1.29, 1.82) is 0 Å². The Morgan fingerprint density at radius 2 is 1.70 bits per heavy atom. The minimum Gasteiger partial charge on any atom is -0.378 e. The molecule has 1 unspecified atom stereocenters. The second kappa shape index (κ2) is 10.3. The van der Waals surface area contributed by atoms with Gasteiger partial charge in [-0.3, -0.25) is 4.79 Å². The Labute approximate surface area is 194 Å². The molecule has 1 saturated heterocycles. The van der Waals surface area contributed by atoms with Crippen LogP contribution in [0.1, 0.15) is 19.8 Å². The fraction of sp³-hybridized carbons (Fsp3) is 0.320. The van der Waals surface area contributed by atoms with Gasteiger partial charge in [0.05, 0.1) is 18.1 Å². The SMILES string of the molecule is CCCC(NS(=O)(=O)c1cccc2ccccc12)C(=O)Nc1ccc(N2CCOCC2)cc1. The van der Waals surface area contributed by atoms with Crippen LogP contribution in [0.2, 0.25) is 0 Å². The van der Waals surface area contributed by atoms with Crippen molar-refractivity contribution >= 4 is 38.1 Å². The van der Waals surface area contributed by atoms with Crippen molar-refractivity contribution in [3.8, 4) is 0 Å². The zero-order chi connectivity index (χ0) is 23.3. The average Bonchev–Trinajstić information content (AvgIpc) is 2.84. The van der Waals surface area contributed by atoms with E-state index in [0.29, 0.717) is 37.1 Å². The molecular weight excluding hydrogens is 438 g/mol. The monoisotopic (exact) mass is 467 g/mol. The summed E-state index contributed by atoms with van der Waals surface area (Å²) in [6.07, 6.45) is 1.05. The van der Waals surface area contributed by atoms with E-state index in [9.17, 15) is 13.2 Å². The van der Waals surface area contributed by atoms with E-state index in [4.69, 9.17) is 4.74 Å². The van der Waals surface area contributed by atoms with Gasteiger partial charge in [0, 0.05) is 29.9 Å². The number of hydrogen-bond acceptors (Lipinski definition) is 5. The summed E-state index contributed by atoms with van der Waals surface area (Å²) >= 11 is 0. The molecule has 0 saturated carbocycles. The molecule has 1 atom stereocenters. The van der Waals surface area contributed by atoms with Gasteiger partial charge >= 0.3 is 0 Å². The molecule has 0 spiro atoms. The minimum absolute atomic E-state index is 0.171. The van der Waals surface area contributed by atoms with Gasteiger partial charge in [-0.15, -0.1) is 0 Å². The van der Waals surface area contributed by atoms with Crippen molar-refractivity contribution in [1.82, 2.24) is 4.72 Å². The van der Waals surface area contributed by atoms with Crippen molar-refractivity contribution < 1.29 is 17.9 Å². The van der Waals surface area contributed by atoms with Crippen LogP contribution >= 0.6 is 0 Å². The standard InChI is InChI=1S/C25H29N3O4S/c1-2-6-23(27-33(30,31)24-10-5-8-19-7-3-4-9-22(19)24)25(29)26-20-11-13-21(14-12-20)28-15-17-32-18-16-28/h3-5,7-14,23,27H,2,6,15-18H2,1H3,(H,26,29). The predicted octanol–water partition coefficient (Wildman–Crippen LogP) is 3.76. The fourth-order valence-electron chi connectivity index (χ4n) is 4.02. The van der Waals surface area contributed by atoms with Crippen molar-refractivity contribution in [2.24, 2.45) is 0 Å². The van der Waals surface area contributed by atoms with Crippen molar-refractivity contribution in [2.75, 3.05) is 36.5 Å². The molecule has 2 N–H and O–H groups in total. The molecule has 0 aromatic heterocycles. The number of anilines is 2. The summed E-state index contributed by atoms with van der Waals surface area (Å²) in [4.78, 5) is 15.4. The highest BCUT2D eigenvalue weighted by Gasteiger charge is 2.26. The number of morpholine rings is 1. The quantitative estimate of drug-likeness (QED) is 0.527. The van der Waals surface area contributed by atoms with Crippen molar-refractivity contribution in [3.05, 3.63) is 66.7 Å². The van der Waals surface area contributed by atoms with Gasteiger partial charge in [0.15, 0.2) is 0 Å².